The van der Waals surface area contributed by atoms with E-state index in [0.717, 1.165) is 17.1 Å². The van der Waals surface area contributed by atoms with Crippen LogP contribution in [0.2, 0.25) is 0 Å². The summed E-state index contributed by atoms with van der Waals surface area (Å²) >= 11 is 0. The van der Waals surface area contributed by atoms with Crippen molar-refractivity contribution in [2.24, 2.45) is 0 Å². The monoisotopic (exact) mass is 312 g/mol. The van der Waals surface area contributed by atoms with Crippen LogP contribution in [-0.2, 0) is 11.3 Å². The molecular formula is C18H20N2O3. The number of aliphatic hydroxyl groups is 1. The Kier molecular flexibility index (Phi) is 4.90. The van der Waals surface area contributed by atoms with Crippen molar-refractivity contribution in [3.63, 3.8) is 0 Å². The quantitative estimate of drug-likeness (QED) is 0.787. The summed E-state index contributed by atoms with van der Waals surface area (Å²) in [5.74, 6) is 1.47. The summed E-state index contributed by atoms with van der Waals surface area (Å²) in [6.45, 7) is 0.933. The molecule has 23 heavy (non-hydrogen) atoms. The first-order valence-electron chi connectivity index (χ1n) is 7.72. The molecule has 0 radical (unpaired) electrons. The highest BCUT2D eigenvalue weighted by Crippen LogP contribution is 2.21. The maximum atomic E-state index is 12.0. The molecule has 2 aromatic rings. The van der Waals surface area contributed by atoms with E-state index in [9.17, 15) is 9.90 Å². The number of hydrogen-bond acceptors (Lipinski definition) is 4. The molecule has 1 amide bonds. The number of para-hydroxylation sites is 1. The minimum Gasteiger partial charge on any atom is -0.457 e. The van der Waals surface area contributed by atoms with Crippen molar-refractivity contribution in [1.29, 1.82) is 0 Å². The van der Waals surface area contributed by atoms with Gasteiger partial charge in [0.1, 0.15) is 11.5 Å². The first kappa shape index (κ1) is 15.5. The largest absolute Gasteiger partial charge is 0.457 e. The predicted molar refractivity (Wildman–Crippen MR) is 87.2 cm³/mol. The van der Waals surface area contributed by atoms with E-state index in [1.807, 2.05) is 54.6 Å². The molecule has 1 aliphatic heterocycles. The van der Waals surface area contributed by atoms with Crippen LogP contribution in [0.3, 0.4) is 0 Å². The number of nitrogens with one attached hydrogen (secondary N) is 2. The summed E-state index contributed by atoms with van der Waals surface area (Å²) in [7, 11) is 0. The van der Waals surface area contributed by atoms with E-state index in [2.05, 4.69) is 10.6 Å². The average Bonchev–Trinajstić information content (AvgIpc) is 3.01. The normalized spacial score (nSPS) is 20.2. The van der Waals surface area contributed by atoms with Crippen molar-refractivity contribution in [1.82, 2.24) is 10.6 Å². The number of ether oxygens (including phenoxy) is 1. The summed E-state index contributed by atoms with van der Waals surface area (Å²) in [5.41, 5.74) is 0.998. The molecule has 1 aliphatic rings. The Morgan fingerprint density at radius 3 is 2.48 bits per heavy atom. The highest BCUT2D eigenvalue weighted by atomic mass is 16.5. The smallest absolute Gasteiger partial charge is 0.237 e. The Morgan fingerprint density at radius 2 is 1.83 bits per heavy atom. The lowest BCUT2D eigenvalue weighted by Gasteiger charge is -2.11. The second-order valence-corrected chi connectivity index (χ2v) is 5.63. The lowest BCUT2D eigenvalue weighted by atomic mass is 10.1. The summed E-state index contributed by atoms with van der Waals surface area (Å²) < 4.78 is 5.73. The molecule has 3 N–H and O–H groups in total. The fourth-order valence-electron chi connectivity index (χ4n) is 2.53. The van der Waals surface area contributed by atoms with Crippen LogP contribution in [0, 0.1) is 0 Å². The van der Waals surface area contributed by atoms with Crippen molar-refractivity contribution in [3.8, 4) is 11.5 Å². The number of amides is 1. The fourth-order valence-corrected chi connectivity index (χ4v) is 2.53. The van der Waals surface area contributed by atoms with E-state index in [1.165, 1.54) is 0 Å². The molecule has 0 aliphatic carbocycles. The van der Waals surface area contributed by atoms with Crippen LogP contribution in [-0.4, -0.2) is 29.7 Å². The summed E-state index contributed by atoms with van der Waals surface area (Å²) in [4.78, 5) is 12.0. The first-order valence-corrected chi connectivity index (χ1v) is 7.72. The second kappa shape index (κ2) is 7.26. The topological polar surface area (TPSA) is 70.6 Å². The molecule has 0 aromatic heterocycles. The second-order valence-electron chi connectivity index (χ2n) is 5.63. The van der Waals surface area contributed by atoms with Crippen molar-refractivity contribution in [2.45, 2.75) is 25.1 Å². The zero-order chi connectivity index (χ0) is 16.1. The Bertz CT molecular complexity index is 643. The molecule has 5 nitrogen and oxygen atoms in total. The van der Waals surface area contributed by atoms with E-state index in [0.29, 0.717) is 19.5 Å². The molecule has 0 unspecified atom stereocenters. The summed E-state index contributed by atoms with van der Waals surface area (Å²) in [6, 6.07) is 16.9. The van der Waals surface area contributed by atoms with Gasteiger partial charge in [0.05, 0.1) is 12.1 Å². The highest BCUT2D eigenvalue weighted by molar-refractivity contribution is 5.82. The van der Waals surface area contributed by atoms with E-state index in [1.54, 1.807) is 0 Å². The lowest BCUT2D eigenvalue weighted by Crippen LogP contribution is -2.39. The fraction of sp³-hybridized carbons (Fsp3) is 0.278. The van der Waals surface area contributed by atoms with Crippen molar-refractivity contribution in [2.75, 3.05) is 6.54 Å². The first-order chi connectivity index (χ1) is 11.2. The Balaban J connectivity index is 1.50. The maximum absolute atomic E-state index is 12.0. The van der Waals surface area contributed by atoms with Gasteiger partial charge in [0.25, 0.3) is 0 Å². The zero-order valence-corrected chi connectivity index (χ0v) is 12.7. The number of carbonyl (C=O) groups excluding carboxylic acids is 1. The highest BCUT2D eigenvalue weighted by Gasteiger charge is 2.27. The minimum absolute atomic E-state index is 0.0776. The molecule has 0 spiro atoms. The van der Waals surface area contributed by atoms with Gasteiger partial charge in [-0.25, -0.2) is 0 Å². The molecule has 0 bridgehead atoms. The van der Waals surface area contributed by atoms with Gasteiger partial charge in [-0.1, -0.05) is 30.3 Å². The third kappa shape index (κ3) is 4.31. The minimum atomic E-state index is -0.430. The molecule has 3 rings (SSSR count). The SMILES string of the molecule is O=C(NCc1ccc(Oc2ccccc2)cc1)[C@H]1C[C@@H](O)CN1. The maximum Gasteiger partial charge on any atom is 0.237 e. The Hall–Kier alpha value is -2.37. The van der Waals surface area contributed by atoms with Crippen LogP contribution in [0.15, 0.2) is 54.6 Å². The predicted octanol–water partition coefficient (Wildman–Crippen LogP) is 1.82. The van der Waals surface area contributed by atoms with Gasteiger partial charge in [0.15, 0.2) is 0 Å². The van der Waals surface area contributed by atoms with Crippen LogP contribution in [0.5, 0.6) is 11.5 Å². The van der Waals surface area contributed by atoms with Gasteiger partial charge < -0.3 is 20.5 Å². The van der Waals surface area contributed by atoms with Crippen LogP contribution in [0.25, 0.3) is 0 Å². The Morgan fingerprint density at radius 1 is 1.13 bits per heavy atom. The van der Waals surface area contributed by atoms with Crippen LogP contribution >= 0.6 is 0 Å². The molecule has 1 saturated heterocycles. The van der Waals surface area contributed by atoms with Gasteiger partial charge in [-0.15, -0.1) is 0 Å². The molecule has 2 atom stereocenters. The van der Waals surface area contributed by atoms with Crippen LogP contribution in [0.1, 0.15) is 12.0 Å². The number of benzene rings is 2. The number of β-amino-alcohol motifs (C(OH)–C–C–N with tert-alkyl or cyclic N) is 1. The van der Waals surface area contributed by atoms with Gasteiger partial charge in [0.2, 0.25) is 5.91 Å². The van der Waals surface area contributed by atoms with Gasteiger partial charge >= 0.3 is 0 Å². The van der Waals surface area contributed by atoms with Crippen LogP contribution < -0.4 is 15.4 Å². The molecule has 120 valence electrons. The third-order valence-electron chi connectivity index (χ3n) is 3.79. The zero-order valence-electron chi connectivity index (χ0n) is 12.7. The number of rotatable bonds is 5. The van der Waals surface area contributed by atoms with E-state index < -0.39 is 6.10 Å². The van der Waals surface area contributed by atoms with Gasteiger partial charge in [-0.2, -0.15) is 0 Å². The molecule has 1 heterocycles. The van der Waals surface area contributed by atoms with E-state index >= 15 is 0 Å². The summed E-state index contributed by atoms with van der Waals surface area (Å²) in [5, 5.41) is 15.3. The average molecular weight is 312 g/mol. The van der Waals surface area contributed by atoms with Gasteiger partial charge in [0, 0.05) is 13.1 Å². The van der Waals surface area contributed by atoms with Crippen molar-refractivity contribution in [3.05, 3.63) is 60.2 Å². The van der Waals surface area contributed by atoms with Gasteiger partial charge in [-0.05, 0) is 36.2 Å². The standard InChI is InChI=1S/C18H20N2O3/c21-14-10-17(19-12-14)18(22)20-11-13-6-8-16(9-7-13)23-15-4-2-1-3-5-15/h1-9,14,17,19,21H,10-12H2,(H,20,22)/t14-,17-/m1/s1. The molecule has 2 aromatic carbocycles. The molecule has 5 heteroatoms. The van der Waals surface area contributed by atoms with Gasteiger partial charge in [-0.3, -0.25) is 4.79 Å². The van der Waals surface area contributed by atoms with Crippen molar-refractivity contribution >= 4 is 5.91 Å². The molecular weight excluding hydrogens is 292 g/mol. The lowest BCUT2D eigenvalue weighted by molar-refractivity contribution is -0.123. The van der Waals surface area contributed by atoms with E-state index in [-0.39, 0.29) is 11.9 Å². The Labute approximate surface area is 135 Å². The number of aliphatic hydroxyl groups excluding tert-OH is 1. The molecule has 0 saturated carbocycles. The van der Waals surface area contributed by atoms with Crippen LogP contribution in [0.4, 0.5) is 0 Å². The van der Waals surface area contributed by atoms with E-state index in [4.69, 9.17) is 4.74 Å². The van der Waals surface area contributed by atoms with Crippen molar-refractivity contribution < 1.29 is 14.6 Å². The number of carbonyl (C=O) groups is 1. The summed E-state index contributed by atoms with van der Waals surface area (Å²) in [6.07, 6.45) is 0.0375. The number of hydrogen-bond donors (Lipinski definition) is 3. The third-order valence-corrected chi connectivity index (χ3v) is 3.79. The molecule has 1 fully saturated rings.